The summed E-state index contributed by atoms with van der Waals surface area (Å²) in [6, 6.07) is 8.46. The second-order valence-electron chi connectivity index (χ2n) is 5.61. The number of hydrogen-bond acceptors (Lipinski definition) is 4. The maximum Gasteiger partial charge on any atom is 0.265 e. The van der Waals surface area contributed by atoms with Crippen molar-refractivity contribution in [3.63, 3.8) is 0 Å². The summed E-state index contributed by atoms with van der Waals surface area (Å²) >= 11 is 17.5. The molecule has 0 fully saturated rings. The highest BCUT2D eigenvalue weighted by Crippen LogP contribution is 2.32. The molecule has 1 N–H and O–H groups in total. The largest absolute Gasteiger partial charge is 0.326 e. The number of carbonyl (C=O) groups excluding carboxylic acids is 2. The van der Waals surface area contributed by atoms with Crippen molar-refractivity contribution in [2.45, 2.75) is 24.8 Å². The van der Waals surface area contributed by atoms with E-state index in [2.05, 4.69) is 5.32 Å². The van der Waals surface area contributed by atoms with Crippen LogP contribution in [-0.2, 0) is 19.6 Å². The lowest BCUT2D eigenvalue weighted by Gasteiger charge is -2.28. The molecule has 0 aliphatic rings. The van der Waals surface area contributed by atoms with Gasteiger partial charge in [-0.25, -0.2) is 8.42 Å². The van der Waals surface area contributed by atoms with Crippen LogP contribution in [0.4, 0.5) is 11.4 Å². The van der Waals surface area contributed by atoms with E-state index in [0.29, 0.717) is 5.69 Å². The average Bonchev–Trinajstić information content (AvgIpc) is 2.53. The maximum atomic E-state index is 13.2. The van der Waals surface area contributed by atoms with Crippen molar-refractivity contribution in [2.75, 3.05) is 9.62 Å². The highest BCUT2D eigenvalue weighted by atomic mass is 35.5. The first-order valence-electron chi connectivity index (χ1n) is 7.60. The van der Waals surface area contributed by atoms with Gasteiger partial charge in [-0.15, -0.1) is 0 Å². The predicted molar refractivity (Wildman–Crippen MR) is 107 cm³/mol. The van der Waals surface area contributed by atoms with Gasteiger partial charge < -0.3 is 5.32 Å². The molecule has 144 valence electrons. The minimum Gasteiger partial charge on any atom is -0.326 e. The fourth-order valence-corrected chi connectivity index (χ4v) is 4.63. The van der Waals surface area contributed by atoms with Gasteiger partial charge in [-0.3, -0.25) is 13.9 Å². The van der Waals surface area contributed by atoms with E-state index in [1.165, 1.54) is 56.3 Å². The van der Waals surface area contributed by atoms with Crippen molar-refractivity contribution in [2.24, 2.45) is 0 Å². The van der Waals surface area contributed by atoms with Gasteiger partial charge in [-0.1, -0.05) is 23.2 Å². The van der Waals surface area contributed by atoms with E-state index < -0.39 is 21.3 Å². The molecule has 1 amide bonds. The molecule has 27 heavy (non-hydrogen) atoms. The number of nitrogens with zero attached hydrogens (tertiary/aromatic N) is 1. The zero-order chi connectivity index (χ0) is 20.4. The first kappa shape index (κ1) is 21.5. The van der Waals surface area contributed by atoms with E-state index in [4.69, 9.17) is 34.8 Å². The number of sulfonamides is 1. The number of carbonyl (C=O) groups is 2. The molecule has 0 bridgehead atoms. The molecule has 6 nitrogen and oxygen atoms in total. The smallest absolute Gasteiger partial charge is 0.265 e. The molecule has 10 heteroatoms. The Morgan fingerprint density at radius 2 is 1.56 bits per heavy atom. The molecule has 0 radical (unpaired) electrons. The molecule has 2 aromatic rings. The second-order valence-corrected chi connectivity index (χ2v) is 8.67. The molecule has 1 unspecified atom stereocenters. The highest BCUT2D eigenvalue weighted by Gasteiger charge is 2.33. The van der Waals surface area contributed by atoms with Gasteiger partial charge in [0, 0.05) is 22.7 Å². The average molecular weight is 450 g/mol. The fraction of sp³-hybridized carbons (Fsp3) is 0.176. The number of nitrogens with one attached hydrogen (secondary N) is 1. The third-order valence-electron chi connectivity index (χ3n) is 3.51. The van der Waals surface area contributed by atoms with Gasteiger partial charge in [0.2, 0.25) is 11.1 Å². The Labute approximate surface area is 172 Å². The number of hydrogen-bond donors (Lipinski definition) is 1. The number of rotatable bonds is 6. The van der Waals surface area contributed by atoms with Crippen LogP contribution >= 0.6 is 34.8 Å². The Hall–Kier alpha value is -1.80. The monoisotopic (exact) mass is 448 g/mol. The van der Waals surface area contributed by atoms with Gasteiger partial charge in [-0.2, -0.15) is 0 Å². The molecule has 2 aromatic carbocycles. The van der Waals surface area contributed by atoms with Crippen molar-refractivity contribution >= 4 is 67.4 Å². The van der Waals surface area contributed by atoms with Crippen LogP contribution in [0.1, 0.15) is 13.8 Å². The Kier molecular flexibility index (Phi) is 6.75. The molecule has 0 aliphatic carbocycles. The van der Waals surface area contributed by atoms with E-state index in [1.54, 1.807) is 0 Å². The van der Waals surface area contributed by atoms with Gasteiger partial charge in [0.15, 0.2) is 0 Å². The summed E-state index contributed by atoms with van der Waals surface area (Å²) < 4.78 is 27.2. The van der Waals surface area contributed by atoms with Crippen molar-refractivity contribution in [3.8, 4) is 0 Å². The Morgan fingerprint density at radius 3 is 2.00 bits per heavy atom. The maximum absolute atomic E-state index is 13.2. The van der Waals surface area contributed by atoms with Crippen LogP contribution in [0.25, 0.3) is 0 Å². The molecular formula is C17H15Cl3N2O4S. The Balaban J connectivity index is 2.56. The summed E-state index contributed by atoms with van der Waals surface area (Å²) in [5.41, 5.74) is 0.528. The standard InChI is InChI=1S/C17H15Cl3N2O4S/c1-10(17(20)24)22(15-8-12(18)7-13(19)9-15)27(25,26)16-5-3-14(4-6-16)21-11(2)23/h3-10H,1-2H3,(H,21,23). The Morgan fingerprint density at radius 1 is 1.04 bits per heavy atom. The van der Waals surface area contributed by atoms with Crippen molar-refractivity contribution in [1.82, 2.24) is 0 Å². The number of amides is 1. The molecule has 0 aliphatic heterocycles. The van der Waals surface area contributed by atoms with Gasteiger partial charge in [0.25, 0.3) is 10.0 Å². The highest BCUT2D eigenvalue weighted by molar-refractivity contribution is 7.93. The van der Waals surface area contributed by atoms with Crippen molar-refractivity contribution < 1.29 is 18.0 Å². The summed E-state index contributed by atoms with van der Waals surface area (Å²) in [5, 5.41) is 2.08. The van der Waals surface area contributed by atoms with Crippen LogP contribution < -0.4 is 9.62 Å². The van der Waals surface area contributed by atoms with E-state index in [1.807, 2.05) is 0 Å². The molecule has 0 saturated carbocycles. The Bertz CT molecular complexity index is 958. The van der Waals surface area contributed by atoms with Gasteiger partial charge >= 0.3 is 0 Å². The van der Waals surface area contributed by atoms with Crippen LogP contribution in [-0.4, -0.2) is 25.6 Å². The normalized spacial score (nSPS) is 12.3. The molecule has 2 rings (SSSR count). The zero-order valence-electron chi connectivity index (χ0n) is 14.2. The summed E-state index contributed by atoms with van der Waals surface area (Å²) in [7, 11) is -4.18. The molecule has 0 heterocycles. The summed E-state index contributed by atoms with van der Waals surface area (Å²) in [5.74, 6) is -0.290. The fourth-order valence-electron chi connectivity index (χ4n) is 2.36. The summed E-state index contributed by atoms with van der Waals surface area (Å²) in [4.78, 5) is 22.7. The molecule has 0 spiro atoms. The minimum atomic E-state index is -4.18. The van der Waals surface area contributed by atoms with E-state index >= 15 is 0 Å². The predicted octanol–water partition coefficient (Wildman–Crippen LogP) is 4.30. The minimum absolute atomic E-state index is 0.0972. The first-order valence-corrected chi connectivity index (χ1v) is 10.2. The lowest BCUT2D eigenvalue weighted by molar-refractivity contribution is -0.114. The first-order chi connectivity index (χ1) is 12.5. The number of halogens is 3. The quantitative estimate of drug-likeness (QED) is 0.666. The van der Waals surface area contributed by atoms with Crippen LogP contribution in [0.5, 0.6) is 0 Å². The zero-order valence-corrected chi connectivity index (χ0v) is 17.3. The van der Waals surface area contributed by atoms with Gasteiger partial charge in [0.05, 0.1) is 10.6 Å². The van der Waals surface area contributed by atoms with Crippen LogP contribution in [0.2, 0.25) is 10.0 Å². The molecule has 0 saturated heterocycles. The van der Waals surface area contributed by atoms with E-state index in [-0.39, 0.29) is 26.5 Å². The van der Waals surface area contributed by atoms with E-state index in [9.17, 15) is 18.0 Å². The lowest BCUT2D eigenvalue weighted by Crippen LogP contribution is -2.42. The van der Waals surface area contributed by atoms with Crippen molar-refractivity contribution in [3.05, 3.63) is 52.5 Å². The third kappa shape index (κ3) is 5.13. The summed E-state index contributed by atoms with van der Waals surface area (Å²) in [6.07, 6.45) is 0. The number of benzene rings is 2. The lowest BCUT2D eigenvalue weighted by atomic mass is 10.3. The molecule has 0 aromatic heterocycles. The van der Waals surface area contributed by atoms with Gasteiger partial charge in [0.1, 0.15) is 6.04 Å². The van der Waals surface area contributed by atoms with E-state index in [0.717, 1.165) is 4.31 Å². The SMILES string of the molecule is CC(=O)Nc1ccc(S(=O)(=O)N(c2cc(Cl)cc(Cl)c2)C(C)C(=O)Cl)cc1. The third-order valence-corrected chi connectivity index (χ3v) is 6.18. The molecule has 1 atom stereocenters. The summed E-state index contributed by atoms with van der Waals surface area (Å²) in [6.45, 7) is 2.69. The van der Waals surface area contributed by atoms with Crippen molar-refractivity contribution in [1.29, 1.82) is 0 Å². The van der Waals surface area contributed by atoms with Gasteiger partial charge in [-0.05, 0) is 61.0 Å². The van der Waals surface area contributed by atoms with Crippen LogP contribution in [0.3, 0.4) is 0 Å². The number of anilines is 2. The van der Waals surface area contributed by atoms with Crippen LogP contribution in [0.15, 0.2) is 47.4 Å². The molecular weight excluding hydrogens is 435 g/mol. The topological polar surface area (TPSA) is 83.6 Å². The second kappa shape index (κ2) is 8.48. The van der Waals surface area contributed by atoms with Crippen LogP contribution in [0, 0.1) is 0 Å².